The van der Waals surface area contributed by atoms with Crippen LogP contribution in [0.2, 0.25) is 0 Å². The van der Waals surface area contributed by atoms with Crippen LogP contribution >= 0.6 is 0 Å². The number of esters is 1. The minimum absolute atomic E-state index is 0.0428. The molecule has 0 heterocycles. The zero-order valence-electron chi connectivity index (χ0n) is 22.3. The van der Waals surface area contributed by atoms with Gasteiger partial charge in [0.2, 0.25) is 0 Å². The molecule has 0 atom stereocenters. The van der Waals surface area contributed by atoms with E-state index >= 15 is 0 Å². The molecule has 0 aliphatic rings. The number of rotatable bonds is 12. The van der Waals surface area contributed by atoms with Gasteiger partial charge in [-0.2, -0.15) is 0 Å². The van der Waals surface area contributed by atoms with Gasteiger partial charge in [-0.25, -0.2) is 0 Å². The molecule has 0 saturated heterocycles. The summed E-state index contributed by atoms with van der Waals surface area (Å²) in [5.41, 5.74) is 2.36. The number of aliphatic carboxylic acids is 1. The van der Waals surface area contributed by atoms with Crippen molar-refractivity contribution in [1.29, 1.82) is 0 Å². The fraction of sp³-hybridized carbons (Fsp3) is 0.407. The van der Waals surface area contributed by atoms with Crippen molar-refractivity contribution >= 4 is 23.5 Å². The molecule has 0 amide bonds. The lowest BCUT2D eigenvalue weighted by molar-refractivity contribution is -0.140. The van der Waals surface area contributed by atoms with Crippen LogP contribution in [0.5, 0.6) is 23.0 Å². The molecule has 0 unspecified atom stereocenters. The average Bonchev–Trinajstić information content (AvgIpc) is 2.89. The molecule has 0 radical (unpaired) electrons. The molecule has 1 N–H and O–H groups in total. The molecule has 0 aliphatic heterocycles. The van der Waals surface area contributed by atoms with E-state index in [2.05, 4.69) is 4.74 Å². The second-order valence-corrected chi connectivity index (χ2v) is 7.86. The standard InChI is InChI=1S/C14H18O5.C13H16O5/c1-9-7-10(17-2)8-12(18-3)14(9)11(15)5-6-13(16)19-4;1-8-6-9(17-2)7-11(18-3)13(8)10(14)4-5-12(15)16/h7-8H,5-6H2,1-4H3;6-7H,4-5H2,1-3H3,(H,15,16). The van der Waals surface area contributed by atoms with E-state index in [0.29, 0.717) is 39.7 Å². The van der Waals surface area contributed by atoms with Crippen LogP contribution < -0.4 is 18.9 Å². The maximum Gasteiger partial charge on any atom is 0.305 e. The highest BCUT2D eigenvalue weighted by Gasteiger charge is 2.19. The van der Waals surface area contributed by atoms with Crippen LogP contribution in [-0.4, -0.2) is 64.2 Å². The van der Waals surface area contributed by atoms with E-state index in [9.17, 15) is 19.2 Å². The highest BCUT2D eigenvalue weighted by atomic mass is 16.5. The maximum absolute atomic E-state index is 12.1. The molecule has 0 fully saturated rings. The number of hydrogen-bond acceptors (Lipinski definition) is 9. The molecule has 10 heteroatoms. The molecule has 0 aromatic heterocycles. The molecule has 202 valence electrons. The van der Waals surface area contributed by atoms with Gasteiger partial charge in [0.25, 0.3) is 0 Å². The quantitative estimate of drug-likeness (QED) is 0.322. The van der Waals surface area contributed by atoms with Gasteiger partial charge in [-0.3, -0.25) is 19.2 Å². The monoisotopic (exact) mass is 518 g/mol. The summed E-state index contributed by atoms with van der Waals surface area (Å²) in [6.07, 6.45) is -0.0769. The molecule has 0 saturated carbocycles. The lowest BCUT2D eigenvalue weighted by Gasteiger charge is -2.12. The highest BCUT2D eigenvalue weighted by Crippen LogP contribution is 2.30. The Morgan fingerprint density at radius 3 is 1.35 bits per heavy atom. The van der Waals surface area contributed by atoms with Gasteiger partial charge in [-0.05, 0) is 37.1 Å². The summed E-state index contributed by atoms with van der Waals surface area (Å²) in [5.74, 6) is 0.288. The van der Waals surface area contributed by atoms with E-state index in [-0.39, 0.29) is 37.2 Å². The summed E-state index contributed by atoms with van der Waals surface area (Å²) < 4.78 is 25.1. The summed E-state index contributed by atoms with van der Waals surface area (Å²) in [6, 6.07) is 6.74. The first kappa shape index (κ1) is 31.0. The molecule has 37 heavy (non-hydrogen) atoms. The van der Waals surface area contributed by atoms with E-state index in [4.69, 9.17) is 24.1 Å². The molecule has 2 aromatic carbocycles. The van der Waals surface area contributed by atoms with E-state index in [1.807, 2.05) is 0 Å². The fourth-order valence-electron chi connectivity index (χ4n) is 3.51. The number of methoxy groups -OCH3 is 5. The third-order valence-corrected chi connectivity index (χ3v) is 5.36. The smallest absolute Gasteiger partial charge is 0.305 e. The van der Waals surface area contributed by atoms with E-state index in [0.717, 1.165) is 5.56 Å². The Hall–Kier alpha value is -4.08. The Morgan fingerprint density at radius 1 is 0.622 bits per heavy atom. The molecule has 0 aliphatic carbocycles. The van der Waals surface area contributed by atoms with E-state index < -0.39 is 11.9 Å². The van der Waals surface area contributed by atoms with Crippen molar-refractivity contribution in [2.75, 3.05) is 35.5 Å². The predicted molar refractivity (Wildman–Crippen MR) is 135 cm³/mol. The fourth-order valence-corrected chi connectivity index (χ4v) is 3.51. The summed E-state index contributed by atoms with van der Waals surface area (Å²) in [7, 11) is 7.33. The molecule has 2 rings (SSSR count). The number of carbonyl (C=O) groups is 4. The van der Waals surface area contributed by atoms with Gasteiger partial charge in [-0.15, -0.1) is 0 Å². The minimum atomic E-state index is -0.992. The lowest BCUT2D eigenvalue weighted by Crippen LogP contribution is -2.09. The van der Waals surface area contributed by atoms with Crippen LogP contribution in [0.1, 0.15) is 57.5 Å². The number of hydrogen-bond donors (Lipinski definition) is 1. The Bertz CT molecular complexity index is 1120. The summed E-state index contributed by atoms with van der Waals surface area (Å²) in [5, 5.41) is 8.58. The SMILES string of the molecule is COC(=O)CCC(=O)c1c(C)cc(OC)cc1OC.COc1cc(C)c(C(=O)CCC(=O)O)c(OC)c1. The Morgan fingerprint density at radius 2 is 1.03 bits per heavy atom. The molecular weight excluding hydrogens is 484 g/mol. The summed E-state index contributed by atoms with van der Waals surface area (Å²) in [4.78, 5) is 45.6. The van der Waals surface area contributed by atoms with Gasteiger partial charge >= 0.3 is 11.9 Å². The van der Waals surface area contributed by atoms with Crippen LogP contribution in [0.4, 0.5) is 0 Å². The number of benzene rings is 2. The molecular formula is C27H34O10. The van der Waals surface area contributed by atoms with Crippen LogP contribution in [-0.2, 0) is 14.3 Å². The average molecular weight is 519 g/mol. The predicted octanol–water partition coefficient (Wildman–Crippen LogP) is 4.21. The number of ketones is 2. The van der Waals surface area contributed by atoms with E-state index in [1.54, 1.807) is 45.2 Å². The molecule has 0 spiro atoms. The lowest BCUT2D eigenvalue weighted by atomic mass is 10.00. The maximum atomic E-state index is 12.1. The van der Waals surface area contributed by atoms with Crippen molar-refractivity contribution in [3.05, 3.63) is 46.5 Å². The zero-order valence-corrected chi connectivity index (χ0v) is 22.3. The normalized spacial score (nSPS) is 9.92. The van der Waals surface area contributed by atoms with Crippen LogP contribution in [0.3, 0.4) is 0 Å². The topological polar surface area (TPSA) is 135 Å². The van der Waals surface area contributed by atoms with E-state index in [1.165, 1.54) is 28.4 Å². The first-order valence-corrected chi connectivity index (χ1v) is 11.3. The van der Waals surface area contributed by atoms with Gasteiger partial charge in [0.15, 0.2) is 11.6 Å². The minimum Gasteiger partial charge on any atom is -0.497 e. The molecule has 0 bridgehead atoms. The van der Waals surface area contributed by atoms with Gasteiger partial charge in [0.05, 0.1) is 59.5 Å². The number of ether oxygens (including phenoxy) is 5. The first-order valence-electron chi connectivity index (χ1n) is 11.3. The second kappa shape index (κ2) is 15.1. The van der Waals surface area contributed by atoms with Crippen molar-refractivity contribution in [1.82, 2.24) is 0 Å². The third-order valence-electron chi connectivity index (χ3n) is 5.36. The zero-order chi connectivity index (χ0) is 28.1. The van der Waals surface area contributed by atoms with Crippen LogP contribution in [0.25, 0.3) is 0 Å². The van der Waals surface area contributed by atoms with Crippen molar-refractivity contribution in [3.63, 3.8) is 0 Å². The number of carboxylic acids is 1. The number of Topliss-reactive ketones (excluding diaryl/α,β-unsaturated/α-hetero) is 2. The first-order chi connectivity index (χ1) is 17.5. The van der Waals surface area contributed by atoms with Crippen molar-refractivity contribution in [2.45, 2.75) is 39.5 Å². The summed E-state index contributed by atoms with van der Waals surface area (Å²) >= 11 is 0. The Labute approximate surface area is 216 Å². The number of carboxylic acid groups (broad SMARTS) is 1. The molecule has 2 aromatic rings. The highest BCUT2D eigenvalue weighted by molar-refractivity contribution is 6.02. The van der Waals surface area contributed by atoms with Crippen molar-refractivity contribution < 1.29 is 48.0 Å². The van der Waals surface area contributed by atoms with Gasteiger partial charge in [0, 0.05) is 25.0 Å². The Balaban J connectivity index is 0.000000371. The second-order valence-electron chi connectivity index (χ2n) is 7.86. The van der Waals surface area contributed by atoms with Crippen molar-refractivity contribution in [3.8, 4) is 23.0 Å². The summed E-state index contributed by atoms with van der Waals surface area (Å²) in [6.45, 7) is 3.56. The number of carbonyl (C=O) groups excluding carboxylic acids is 3. The van der Waals surface area contributed by atoms with Crippen LogP contribution in [0, 0.1) is 13.8 Å². The third kappa shape index (κ3) is 9.14. The Kier molecular flexibility index (Phi) is 12.7. The van der Waals surface area contributed by atoms with Crippen LogP contribution in [0.15, 0.2) is 24.3 Å². The number of aryl methyl sites for hydroxylation is 2. The van der Waals surface area contributed by atoms with Gasteiger partial charge in [0.1, 0.15) is 23.0 Å². The largest absolute Gasteiger partial charge is 0.497 e. The molecule has 10 nitrogen and oxygen atoms in total. The van der Waals surface area contributed by atoms with Gasteiger partial charge < -0.3 is 28.8 Å². The van der Waals surface area contributed by atoms with Gasteiger partial charge in [-0.1, -0.05) is 0 Å². The van der Waals surface area contributed by atoms with Crippen molar-refractivity contribution in [2.24, 2.45) is 0 Å².